The Labute approximate surface area is 131 Å². The molecule has 0 aliphatic rings. The second-order valence-electron chi connectivity index (χ2n) is 3.89. The fourth-order valence-corrected chi connectivity index (χ4v) is 2.92. The Bertz CT molecular complexity index is 598. The topological polar surface area (TPSA) is 110 Å². The van der Waals surface area contributed by atoms with Crippen molar-refractivity contribution >= 4 is 45.3 Å². The number of carboxylic acid groups (broad SMARTS) is 1. The summed E-state index contributed by atoms with van der Waals surface area (Å²) in [6.07, 6.45) is 0. The van der Waals surface area contributed by atoms with Crippen molar-refractivity contribution in [1.29, 1.82) is 0 Å². The molecular weight excluding hydrogens is 371 g/mol. The minimum atomic E-state index is -1.26. The number of thioether (sulfide) groups is 1. The molecule has 1 atom stereocenters. The number of carboxylic acids is 1. The standard InChI is InChI=1S/C11H10BrFN2O5S/c1-5(16)14-8(11(17)18)4-21-10-2-6(12)7(13)3-9(10)15(19)20/h2-3,8H,4H2,1H3,(H,14,16)(H,17,18). The highest BCUT2D eigenvalue weighted by Gasteiger charge is 2.23. The Morgan fingerprint density at radius 2 is 2.19 bits per heavy atom. The molecule has 0 radical (unpaired) electrons. The van der Waals surface area contributed by atoms with Crippen LogP contribution in [0.15, 0.2) is 21.5 Å². The third-order valence-corrected chi connectivity index (χ3v) is 4.03. The summed E-state index contributed by atoms with van der Waals surface area (Å²) in [5, 5.41) is 22.0. The fourth-order valence-electron chi connectivity index (χ4n) is 1.37. The molecule has 2 N–H and O–H groups in total. The summed E-state index contributed by atoms with van der Waals surface area (Å²) in [7, 11) is 0. The van der Waals surface area contributed by atoms with Gasteiger partial charge < -0.3 is 10.4 Å². The van der Waals surface area contributed by atoms with Gasteiger partial charge in [-0.25, -0.2) is 9.18 Å². The van der Waals surface area contributed by atoms with Crippen LogP contribution in [0, 0.1) is 15.9 Å². The Balaban J connectivity index is 2.96. The summed E-state index contributed by atoms with van der Waals surface area (Å²) in [6, 6.07) is 0.752. The van der Waals surface area contributed by atoms with E-state index in [4.69, 9.17) is 5.11 Å². The van der Waals surface area contributed by atoms with Crippen LogP contribution in [0.3, 0.4) is 0 Å². The minimum Gasteiger partial charge on any atom is -0.480 e. The number of nitro benzene ring substituents is 1. The van der Waals surface area contributed by atoms with Crippen LogP contribution in [0.25, 0.3) is 0 Å². The quantitative estimate of drug-likeness (QED) is 0.444. The molecule has 0 saturated heterocycles. The number of carbonyl (C=O) groups excluding carboxylic acids is 1. The molecule has 0 aliphatic heterocycles. The highest BCUT2D eigenvalue weighted by Crippen LogP contribution is 2.34. The van der Waals surface area contributed by atoms with E-state index in [1.165, 1.54) is 6.07 Å². The second kappa shape index (κ2) is 7.36. The number of nitro groups is 1. The van der Waals surface area contributed by atoms with Gasteiger partial charge in [-0.05, 0) is 22.0 Å². The zero-order valence-corrected chi connectivity index (χ0v) is 13.0. The first-order valence-electron chi connectivity index (χ1n) is 5.48. The third-order valence-electron chi connectivity index (χ3n) is 2.28. The number of benzene rings is 1. The SMILES string of the molecule is CC(=O)NC(CSc1cc(Br)c(F)cc1[N+](=O)[O-])C(=O)O. The van der Waals surface area contributed by atoms with Crippen LogP contribution in [0.4, 0.5) is 10.1 Å². The van der Waals surface area contributed by atoms with Crippen LogP contribution in [-0.2, 0) is 9.59 Å². The van der Waals surface area contributed by atoms with E-state index >= 15 is 0 Å². The molecule has 1 unspecified atom stereocenters. The van der Waals surface area contributed by atoms with E-state index in [0.29, 0.717) is 0 Å². The smallest absolute Gasteiger partial charge is 0.327 e. The molecule has 0 bridgehead atoms. The largest absolute Gasteiger partial charge is 0.480 e. The van der Waals surface area contributed by atoms with Crippen molar-refractivity contribution in [3.8, 4) is 0 Å². The Morgan fingerprint density at radius 1 is 1.57 bits per heavy atom. The number of hydrogen-bond acceptors (Lipinski definition) is 5. The molecule has 0 aliphatic carbocycles. The Morgan fingerprint density at radius 3 is 2.67 bits per heavy atom. The lowest BCUT2D eigenvalue weighted by Crippen LogP contribution is -2.41. The normalized spacial score (nSPS) is 11.8. The maximum absolute atomic E-state index is 13.3. The molecule has 1 aromatic carbocycles. The van der Waals surface area contributed by atoms with E-state index in [2.05, 4.69) is 21.2 Å². The average Bonchev–Trinajstić information content (AvgIpc) is 2.36. The Hall–Kier alpha value is -1.68. The first-order valence-corrected chi connectivity index (χ1v) is 7.26. The van der Waals surface area contributed by atoms with Crippen LogP contribution in [-0.4, -0.2) is 33.7 Å². The summed E-state index contributed by atoms with van der Waals surface area (Å²) < 4.78 is 13.3. The fraction of sp³-hybridized carbons (Fsp3) is 0.273. The van der Waals surface area contributed by atoms with Crippen LogP contribution in [0.1, 0.15) is 6.92 Å². The molecule has 1 aromatic rings. The van der Waals surface area contributed by atoms with Crippen molar-refractivity contribution in [3.63, 3.8) is 0 Å². The average molecular weight is 381 g/mol. The van der Waals surface area contributed by atoms with Gasteiger partial charge in [-0.1, -0.05) is 0 Å². The van der Waals surface area contributed by atoms with Gasteiger partial charge >= 0.3 is 5.97 Å². The van der Waals surface area contributed by atoms with Crippen molar-refractivity contribution < 1.29 is 24.0 Å². The third kappa shape index (κ3) is 4.97. The molecule has 0 fully saturated rings. The van der Waals surface area contributed by atoms with Gasteiger partial charge in [-0.2, -0.15) is 0 Å². The Kier molecular flexibility index (Phi) is 6.09. The second-order valence-corrected chi connectivity index (χ2v) is 5.81. The number of nitrogens with one attached hydrogen (secondary N) is 1. The van der Waals surface area contributed by atoms with E-state index < -0.39 is 34.3 Å². The van der Waals surface area contributed by atoms with Crippen LogP contribution < -0.4 is 5.32 Å². The molecule has 10 heteroatoms. The predicted molar refractivity (Wildman–Crippen MR) is 76.7 cm³/mol. The van der Waals surface area contributed by atoms with Crippen LogP contribution in [0.5, 0.6) is 0 Å². The van der Waals surface area contributed by atoms with E-state index in [1.807, 2.05) is 0 Å². The summed E-state index contributed by atoms with van der Waals surface area (Å²) in [6.45, 7) is 1.16. The van der Waals surface area contributed by atoms with Gasteiger partial charge in [-0.3, -0.25) is 14.9 Å². The zero-order chi connectivity index (χ0) is 16.2. The number of nitrogens with zero attached hydrogens (tertiary/aromatic N) is 1. The van der Waals surface area contributed by atoms with Gasteiger partial charge in [0.25, 0.3) is 5.69 Å². The summed E-state index contributed by atoms with van der Waals surface area (Å²) in [5.74, 6) is -2.71. The van der Waals surface area contributed by atoms with Gasteiger partial charge in [0, 0.05) is 12.7 Å². The van der Waals surface area contributed by atoms with Crippen LogP contribution >= 0.6 is 27.7 Å². The van der Waals surface area contributed by atoms with E-state index in [1.54, 1.807) is 0 Å². The van der Waals surface area contributed by atoms with Crippen molar-refractivity contribution in [2.75, 3.05) is 5.75 Å². The van der Waals surface area contributed by atoms with Gasteiger partial charge in [0.05, 0.1) is 20.4 Å². The molecule has 0 spiro atoms. The first kappa shape index (κ1) is 17.4. The minimum absolute atomic E-state index is 0.0296. The zero-order valence-electron chi connectivity index (χ0n) is 10.6. The number of aliphatic carboxylic acids is 1. The number of rotatable bonds is 6. The summed E-state index contributed by atoms with van der Waals surface area (Å²) >= 11 is 3.75. The van der Waals surface area contributed by atoms with Crippen molar-refractivity contribution in [1.82, 2.24) is 5.32 Å². The molecule has 1 rings (SSSR count). The predicted octanol–water partition coefficient (Wildman–Crippen LogP) is 2.18. The van der Waals surface area contributed by atoms with E-state index in [-0.39, 0.29) is 15.1 Å². The van der Waals surface area contributed by atoms with Crippen molar-refractivity contribution in [2.45, 2.75) is 17.9 Å². The monoisotopic (exact) mass is 380 g/mol. The van der Waals surface area contributed by atoms with Gasteiger partial charge in [0.15, 0.2) is 0 Å². The number of amides is 1. The maximum atomic E-state index is 13.3. The summed E-state index contributed by atoms with van der Waals surface area (Å²) in [4.78, 5) is 32.1. The number of halogens is 2. The lowest BCUT2D eigenvalue weighted by atomic mass is 10.3. The highest BCUT2D eigenvalue weighted by atomic mass is 79.9. The highest BCUT2D eigenvalue weighted by molar-refractivity contribution is 9.10. The first-order chi connectivity index (χ1) is 9.72. The molecule has 7 nitrogen and oxygen atoms in total. The molecule has 1 amide bonds. The lowest BCUT2D eigenvalue weighted by Gasteiger charge is -2.13. The molecule has 114 valence electrons. The lowest BCUT2D eigenvalue weighted by molar-refractivity contribution is -0.387. The van der Waals surface area contributed by atoms with Gasteiger partial charge in [0.1, 0.15) is 11.9 Å². The van der Waals surface area contributed by atoms with Gasteiger partial charge in [0.2, 0.25) is 5.91 Å². The van der Waals surface area contributed by atoms with Crippen molar-refractivity contribution in [3.05, 3.63) is 32.5 Å². The maximum Gasteiger partial charge on any atom is 0.327 e. The van der Waals surface area contributed by atoms with Crippen molar-refractivity contribution in [2.24, 2.45) is 0 Å². The van der Waals surface area contributed by atoms with Gasteiger partial charge in [-0.15, -0.1) is 11.8 Å². The summed E-state index contributed by atoms with van der Waals surface area (Å²) in [5.41, 5.74) is -0.465. The molecule has 21 heavy (non-hydrogen) atoms. The van der Waals surface area contributed by atoms with E-state index in [0.717, 1.165) is 24.8 Å². The number of carbonyl (C=O) groups is 2. The molecule has 0 heterocycles. The van der Waals surface area contributed by atoms with Crippen LogP contribution in [0.2, 0.25) is 0 Å². The number of hydrogen-bond donors (Lipinski definition) is 2. The van der Waals surface area contributed by atoms with E-state index in [9.17, 15) is 24.1 Å². The molecular formula is C11H10BrFN2O5S. The molecule has 0 saturated carbocycles. The molecule has 0 aromatic heterocycles.